The molecule has 1 N–H and O–H groups in total. The van der Waals surface area contributed by atoms with E-state index >= 15 is 0 Å². The molecular weight excluding hydrogens is 288 g/mol. The molecule has 0 spiro atoms. The van der Waals surface area contributed by atoms with E-state index in [1.165, 1.54) is 5.56 Å². The Hall–Kier alpha value is -2.62. The Kier molecular flexibility index (Phi) is 3.18. The second-order valence-electron chi connectivity index (χ2n) is 6.37. The predicted octanol–water partition coefficient (Wildman–Crippen LogP) is 4.73. The molecule has 4 heteroatoms. The molecule has 0 bridgehead atoms. The number of nitrogens with one attached hydrogen (secondary N) is 1. The summed E-state index contributed by atoms with van der Waals surface area (Å²) in [5.74, 6) is 0.654. The molecule has 23 heavy (non-hydrogen) atoms. The van der Waals surface area contributed by atoms with Crippen molar-refractivity contribution in [2.45, 2.75) is 25.3 Å². The zero-order valence-electron chi connectivity index (χ0n) is 12.9. The Morgan fingerprint density at radius 2 is 2.00 bits per heavy atom. The molecule has 2 aromatic carbocycles. The molecule has 0 saturated carbocycles. The maximum absolute atomic E-state index is 11.2. The van der Waals surface area contributed by atoms with Gasteiger partial charge in [-0.1, -0.05) is 42.5 Å². The lowest BCUT2D eigenvalue weighted by Crippen LogP contribution is -2.29. The Morgan fingerprint density at radius 1 is 1.22 bits per heavy atom. The second-order valence-corrected chi connectivity index (χ2v) is 6.37. The number of aryl methyl sites for hydroxylation is 1. The quantitative estimate of drug-likeness (QED) is 0.496. The summed E-state index contributed by atoms with van der Waals surface area (Å²) in [5, 5.41) is 14.8. The van der Waals surface area contributed by atoms with Crippen molar-refractivity contribution < 1.29 is 4.92 Å². The molecule has 3 unspecified atom stereocenters. The van der Waals surface area contributed by atoms with E-state index in [2.05, 4.69) is 41.7 Å². The third-order valence-electron chi connectivity index (χ3n) is 5.02. The minimum Gasteiger partial charge on any atom is -0.377 e. The average Bonchev–Trinajstić information content (AvgIpc) is 3.04. The Balaban J connectivity index is 1.84. The molecule has 4 nitrogen and oxygen atoms in total. The first-order chi connectivity index (χ1) is 11.1. The first-order valence-electron chi connectivity index (χ1n) is 7.92. The molecule has 1 aliphatic heterocycles. The highest BCUT2D eigenvalue weighted by Gasteiger charge is 2.39. The van der Waals surface area contributed by atoms with Crippen molar-refractivity contribution in [3.05, 3.63) is 81.4 Å². The van der Waals surface area contributed by atoms with Crippen molar-refractivity contribution in [1.29, 1.82) is 0 Å². The van der Waals surface area contributed by atoms with Gasteiger partial charge in [0.1, 0.15) is 0 Å². The van der Waals surface area contributed by atoms with E-state index in [-0.39, 0.29) is 22.6 Å². The summed E-state index contributed by atoms with van der Waals surface area (Å²) >= 11 is 0. The number of rotatable bonds is 2. The topological polar surface area (TPSA) is 55.2 Å². The third-order valence-corrected chi connectivity index (χ3v) is 5.02. The molecule has 1 heterocycles. The van der Waals surface area contributed by atoms with E-state index in [4.69, 9.17) is 0 Å². The van der Waals surface area contributed by atoms with Gasteiger partial charge in [-0.25, -0.2) is 0 Å². The van der Waals surface area contributed by atoms with Crippen molar-refractivity contribution in [1.82, 2.24) is 0 Å². The molecule has 3 atom stereocenters. The number of hydrogen-bond acceptors (Lipinski definition) is 3. The lowest BCUT2D eigenvalue weighted by Gasteiger charge is -2.38. The van der Waals surface area contributed by atoms with Gasteiger partial charge in [0.15, 0.2) is 0 Å². The van der Waals surface area contributed by atoms with Gasteiger partial charge >= 0.3 is 0 Å². The third kappa shape index (κ3) is 2.22. The van der Waals surface area contributed by atoms with E-state index in [0.29, 0.717) is 5.92 Å². The molecule has 2 aromatic rings. The number of fused-ring (bicyclic) bond motifs is 3. The first-order valence-corrected chi connectivity index (χ1v) is 7.92. The van der Waals surface area contributed by atoms with Crippen LogP contribution in [0.5, 0.6) is 0 Å². The van der Waals surface area contributed by atoms with Crippen molar-refractivity contribution in [2.75, 3.05) is 5.32 Å². The number of non-ortho nitro benzene ring substituents is 1. The van der Waals surface area contributed by atoms with Crippen LogP contribution in [0.15, 0.2) is 54.6 Å². The summed E-state index contributed by atoms with van der Waals surface area (Å²) in [6.07, 6.45) is 5.41. The molecule has 116 valence electrons. The van der Waals surface area contributed by atoms with Crippen molar-refractivity contribution in [3.8, 4) is 0 Å². The van der Waals surface area contributed by atoms with Gasteiger partial charge < -0.3 is 5.32 Å². The molecule has 2 aliphatic rings. The molecule has 0 fully saturated rings. The van der Waals surface area contributed by atoms with Crippen LogP contribution in [0, 0.1) is 23.0 Å². The van der Waals surface area contributed by atoms with Crippen LogP contribution in [-0.4, -0.2) is 4.92 Å². The van der Waals surface area contributed by atoms with Crippen LogP contribution in [-0.2, 0) is 0 Å². The molecule has 4 rings (SSSR count). The van der Waals surface area contributed by atoms with Crippen LogP contribution in [0.2, 0.25) is 0 Å². The number of benzene rings is 2. The van der Waals surface area contributed by atoms with Crippen LogP contribution in [0.25, 0.3) is 0 Å². The lowest BCUT2D eigenvalue weighted by molar-refractivity contribution is -0.385. The monoisotopic (exact) mass is 306 g/mol. The van der Waals surface area contributed by atoms with Gasteiger partial charge in [-0.15, -0.1) is 0 Å². The van der Waals surface area contributed by atoms with Crippen molar-refractivity contribution in [2.24, 2.45) is 5.92 Å². The fourth-order valence-electron chi connectivity index (χ4n) is 3.96. The Bertz CT molecular complexity index is 799. The van der Waals surface area contributed by atoms with E-state index in [9.17, 15) is 10.1 Å². The SMILES string of the molecule is Cc1cc([N+](=O)[O-])cc2c1NC(c1ccccc1)C1CC=CC21. The second kappa shape index (κ2) is 5.23. The summed E-state index contributed by atoms with van der Waals surface area (Å²) in [7, 11) is 0. The van der Waals surface area contributed by atoms with E-state index < -0.39 is 0 Å². The summed E-state index contributed by atoms with van der Waals surface area (Å²) < 4.78 is 0. The molecule has 0 amide bonds. The van der Waals surface area contributed by atoms with Crippen LogP contribution >= 0.6 is 0 Å². The summed E-state index contributed by atoms with van der Waals surface area (Å²) in [5.41, 5.74) is 4.50. The molecule has 0 aromatic heterocycles. The summed E-state index contributed by atoms with van der Waals surface area (Å²) in [6, 6.07) is 14.1. The van der Waals surface area contributed by atoms with Crippen LogP contribution in [0.4, 0.5) is 11.4 Å². The number of hydrogen-bond donors (Lipinski definition) is 1. The Morgan fingerprint density at radius 3 is 2.74 bits per heavy atom. The summed E-state index contributed by atoms with van der Waals surface area (Å²) in [4.78, 5) is 10.9. The standard InChI is InChI=1S/C19H18N2O2/c1-12-10-14(21(22)23)11-17-15-8-5-9-16(15)19(20-18(12)17)13-6-3-2-4-7-13/h2-8,10-11,15-16,19-20H,9H2,1H3. The smallest absolute Gasteiger partial charge is 0.270 e. The molecule has 1 aliphatic carbocycles. The zero-order chi connectivity index (χ0) is 16.0. The molecular formula is C19H18N2O2. The number of anilines is 1. The van der Waals surface area contributed by atoms with Gasteiger partial charge in [0.05, 0.1) is 11.0 Å². The van der Waals surface area contributed by atoms with Gasteiger partial charge in [-0.3, -0.25) is 10.1 Å². The average molecular weight is 306 g/mol. The van der Waals surface area contributed by atoms with Crippen LogP contribution in [0.3, 0.4) is 0 Å². The van der Waals surface area contributed by atoms with E-state index in [0.717, 1.165) is 23.2 Å². The zero-order valence-corrected chi connectivity index (χ0v) is 12.9. The van der Waals surface area contributed by atoms with E-state index in [1.807, 2.05) is 13.0 Å². The number of allylic oxidation sites excluding steroid dienone is 2. The highest BCUT2D eigenvalue weighted by atomic mass is 16.6. The van der Waals surface area contributed by atoms with Crippen LogP contribution in [0.1, 0.15) is 35.1 Å². The highest BCUT2D eigenvalue weighted by Crippen LogP contribution is 2.51. The van der Waals surface area contributed by atoms with E-state index in [1.54, 1.807) is 12.1 Å². The Labute approximate surface area is 135 Å². The van der Waals surface area contributed by atoms with Crippen molar-refractivity contribution >= 4 is 11.4 Å². The largest absolute Gasteiger partial charge is 0.377 e. The fourth-order valence-corrected chi connectivity index (χ4v) is 3.96. The minimum absolute atomic E-state index is 0.181. The number of nitro benzene ring substituents is 1. The van der Waals surface area contributed by atoms with Crippen molar-refractivity contribution in [3.63, 3.8) is 0 Å². The van der Waals surface area contributed by atoms with Crippen LogP contribution < -0.4 is 5.32 Å². The van der Waals surface area contributed by atoms with Gasteiger partial charge in [-0.2, -0.15) is 0 Å². The van der Waals surface area contributed by atoms with Gasteiger partial charge in [-0.05, 0) is 36.0 Å². The van der Waals surface area contributed by atoms with Gasteiger partial charge in [0, 0.05) is 23.7 Å². The predicted molar refractivity (Wildman–Crippen MR) is 90.6 cm³/mol. The number of nitrogens with zero attached hydrogens (tertiary/aromatic N) is 1. The number of nitro groups is 1. The highest BCUT2D eigenvalue weighted by molar-refractivity contribution is 5.67. The normalized spacial score (nSPS) is 24.7. The molecule has 0 radical (unpaired) electrons. The maximum atomic E-state index is 11.2. The minimum atomic E-state index is -0.301. The first kappa shape index (κ1) is 14.0. The summed E-state index contributed by atoms with van der Waals surface area (Å²) in [6.45, 7) is 1.94. The van der Waals surface area contributed by atoms with Gasteiger partial charge in [0.2, 0.25) is 0 Å². The lowest BCUT2D eigenvalue weighted by atomic mass is 9.76. The molecule has 0 saturated heterocycles. The maximum Gasteiger partial charge on any atom is 0.270 e. The fraction of sp³-hybridized carbons (Fsp3) is 0.263. The van der Waals surface area contributed by atoms with Gasteiger partial charge in [0.25, 0.3) is 5.69 Å².